The van der Waals surface area contributed by atoms with Gasteiger partial charge in [-0.25, -0.2) is 4.98 Å². The molecule has 0 unspecified atom stereocenters. The highest BCUT2D eigenvalue weighted by molar-refractivity contribution is 4.91. The average molecular weight is 241 g/mol. The molecule has 0 aliphatic heterocycles. The molecule has 0 aliphatic rings. The van der Waals surface area contributed by atoms with E-state index < -0.39 is 0 Å². The fraction of sp³-hybridized carbons (Fsp3) is 0.750. The zero-order valence-corrected chi connectivity index (χ0v) is 10.8. The van der Waals surface area contributed by atoms with Crippen molar-refractivity contribution in [2.45, 2.75) is 12.8 Å². The number of methoxy groups -OCH3 is 1. The second kappa shape index (κ2) is 9.15. The summed E-state index contributed by atoms with van der Waals surface area (Å²) in [6.45, 7) is 4.12. The van der Waals surface area contributed by atoms with E-state index in [-0.39, 0.29) is 0 Å². The first-order valence-electron chi connectivity index (χ1n) is 6.08. The van der Waals surface area contributed by atoms with Crippen LogP contribution in [0.2, 0.25) is 0 Å². The molecule has 5 heteroatoms. The zero-order chi connectivity index (χ0) is 12.3. The molecule has 1 N–H and O–H groups in total. The summed E-state index contributed by atoms with van der Waals surface area (Å²) in [5.74, 6) is 1.11. The summed E-state index contributed by atoms with van der Waals surface area (Å²) >= 11 is 0. The van der Waals surface area contributed by atoms with E-state index in [4.69, 9.17) is 9.47 Å². The van der Waals surface area contributed by atoms with E-state index in [1.54, 1.807) is 7.11 Å². The molecule has 0 atom stereocenters. The van der Waals surface area contributed by atoms with Gasteiger partial charge in [0, 0.05) is 59.3 Å². The molecule has 0 amide bonds. The van der Waals surface area contributed by atoms with Gasteiger partial charge in [0.15, 0.2) is 0 Å². The fourth-order valence-corrected chi connectivity index (χ4v) is 1.51. The molecule has 17 heavy (non-hydrogen) atoms. The summed E-state index contributed by atoms with van der Waals surface area (Å²) in [4.78, 5) is 4.26. The monoisotopic (exact) mass is 241 g/mol. The van der Waals surface area contributed by atoms with Gasteiger partial charge in [-0.2, -0.15) is 0 Å². The van der Waals surface area contributed by atoms with Crippen LogP contribution < -0.4 is 5.32 Å². The molecule has 1 heterocycles. The van der Waals surface area contributed by atoms with Crippen molar-refractivity contribution in [3.8, 4) is 0 Å². The van der Waals surface area contributed by atoms with Gasteiger partial charge in [-0.1, -0.05) is 0 Å². The van der Waals surface area contributed by atoms with Crippen LogP contribution in [0.5, 0.6) is 0 Å². The molecular weight excluding hydrogens is 218 g/mol. The SMILES string of the molecule is COCCCOCCNCCc1nccn1C. The van der Waals surface area contributed by atoms with Crippen molar-refractivity contribution in [1.82, 2.24) is 14.9 Å². The number of nitrogens with one attached hydrogen (secondary N) is 1. The van der Waals surface area contributed by atoms with Crippen LogP contribution in [-0.2, 0) is 22.9 Å². The minimum atomic E-state index is 0.754. The molecule has 0 spiro atoms. The van der Waals surface area contributed by atoms with Gasteiger partial charge < -0.3 is 19.4 Å². The Morgan fingerprint density at radius 1 is 1.29 bits per heavy atom. The van der Waals surface area contributed by atoms with Crippen molar-refractivity contribution in [2.24, 2.45) is 7.05 Å². The van der Waals surface area contributed by atoms with Crippen molar-refractivity contribution < 1.29 is 9.47 Å². The van der Waals surface area contributed by atoms with Gasteiger partial charge in [0.1, 0.15) is 5.82 Å². The second-order valence-electron chi connectivity index (χ2n) is 3.91. The predicted octanol–water partition coefficient (Wildman–Crippen LogP) is 0.605. The maximum atomic E-state index is 5.43. The lowest BCUT2D eigenvalue weighted by Gasteiger charge is -2.06. The van der Waals surface area contributed by atoms with Gasteiger partial charge >= 0.3 is 0 Å². The lowest BCUT2D eigenvalue weighted by molar-refractivity contribution is 0.104. The number of hydrogen-bond acceptors (Lipinski definition) is 4. The molecule has 1 aromatic heterocycles. The third-order valence-electron chi connectivity index (χ3n) is 2.51. The molecule has 0 aliphatic carbocycles. The highest BCUT2D eigenvalue weighted by Gasteiger charge is 1.97. The molecule has 1 aromatic rings. The van der Waals surface area contributed by atoms with E-state index in [9.17, 15) is 0 Å². The van der Waals surface area contributed by atoms with Crippen LogP contribution in [0, 0.1) is 0 Å². The van der Waals surface area contributed by atoms with Gasteiger partial charge in [-0.15, -0.1) is 0 Å². The lowest BCUT2D eigenvalue weighted by Crippen LogP contribution is -2.23. The van der Waals surface area contributed by atoms with E-state index in [1.807, 2.05) is 24.0 Å². The van der Waals surface area contributed by atoms with E-state index in [2.05, 4.69) is 10.3 Å². The van der Waals surface area contributed by atoms with Gasteiger partial charge in [0.2, 0.25) is 0 Å². The Hall–Kier alpha value is -0.910. The van der Waals surface area contributed by atoms with Crippen molar-refractivity contribution in [3.05, 3.63) is 18.2 Å². The minimum Gasteiger partial charge on any atom is -0.385 e. The standard InChI is InChI=1S/C12H23N3O2/c1-15-8-6-14-12(15)4-5-13-7-11-17-10-3-9-16-2/h6,8,13H,3-5,7,9-11H2,1-2H3. The molecule has 0 radical (unpaired) electrons. The third kappa shape index (κ3) is 6.41. The molecule has 5 nitrogen and oxygen atoms in total. The Kier molecular flexibility index (Phi) is 7.62. The van der Waals surface area contributed by atoms with Crippen LogP contribution >= 0.6 is 0 Å². The summed E-state index contributed by atoms with van der Waals surface area (Å²) < 4.78 is 12.4. The molecule has 0 saturated carbocycles. The Morgan fingerprint density at radius 2 is 2.18 bits per heavy atom. The minimum absolute atomic E-state index is 0.754. The number of aryl methyl sites for hydroxylation is 1. The maximum Gasteiger partial charge on any atom is 0.109 e. The first kappa shape index (κ1) is 14.2. The third-order valence-corrected chi connectivity index (χ3v) is 2.51. The van der Waals surface area contributed by atoms with Crippen LogP contribution in [0.25, 0.3) is 0 Å². The fourth-order valence-electron chi connectivity index (χ4n) is 1.51. The van der Waals surface area contributed by atoms with Crippen LogP contribution in [0.15, 0.2) is 12.4 Å². The summed E-state index contributed by atoms with van der Waals surface area (Å²) in [7, 11) is 3.72. The number of ether oxygens (including phenoxy) is 2. The predicted molar refractivity (Wildman–Crippen MR) is 67.1 cm³/mol. The van der Waals surface area contributed by atoms with Gasteiger partial charge in [0.05, 0.1) is 6.61 Å². The van der Waals surface area contributed by atoms with Gasteiger partial charge in [0.25, 0.3) is 0 Å². The average Bonchev–Trinajstić information content (AvgIpc) is 2.73. The van der Waals surface area contributed by atoms with E-state index in [1.165, 1.54) is 0 Å². The van der Waals surface area contributed by atoms with Gasteiger partial charge in [-0.05, 0) is 6.42 Å². The maximum absolute atomic E-state index is 5.43. The van der Waals surface area contributed by atoms with Crippen LogP contribution in [0.3, 0.4) is 0 Å². The normalized spacial score (nSPS) is 10.9. The molecule has 0 fully saturated rings. The largest absolute Gasteiger partial charge is 0.385 e. The number of hydrogen-bond donors (Lipinski definition) is 1. The first-order chi connectivity index (χ1) is 8.34. The lowest BCUT2D eigenvalue weighted by atomic mass is 10.4. The Morgan fingerprint density at radius 3 is 2.88 bits per heavy atom. The number of aromatic nitrogens is 2. The van der Waals surface area contributed by atoms with Crippen molar-refractivity contribution in [2.75, 3.05) is 40.0 Å². The Balaban J connectivity index is 1.86. The number of nitrogens with zero attached hydrogens (tertiary/aromatic N) is 2. The van der Waals surface area contributed by atoms with Crippen LogP contribution in [0.1, 0.15) is 12.2 Å². The number of rotatable bonds is 10. The summed E-state index contributed by atoms with van der Waals surface area (Å²) in [5.41, 5.74) is 0. The van der Waals surface area contributed by atoms with E-state index >= 15 is 0 Å². The highest BCUT2D eigenvalue weighted by Crippen LogP contribution is 1.93. The van der Waals surface area contributed by atoms with Crippen molar-refractivity contribution in [3.63, 3.8) is 0 Å². The molecular formula is C12H23N3O2. The molecule has 0 aromatic carbocycles. The van der Waals surface area contributed by atoms with E-state index in [0.717, 1.165) is 51.6 Å². The Labute approximate surface area is 103 Å². The first-order valence-corrected chi connectivity index (χ1v) is 6.08. The Bertz CT molecular complexity index is 289. The highest BCUT2D eigenvalue weighted by atomic mass is 16.5. The quantitative estimate of drug-likeness (QED) is 0.610. The molecule has 0 saturated heterocycles. The molecule has 1 rings (SSSR count). The van der Waals surface area contributed by atoms with Crippen LogP contribution in [0.4, 0.5) is 0 Å². The van der Waals surface area contributed by atoms with Crippen molar-refractivity contribution in [1.29, 1.82) is 0 Å². The topological polar surface area (TPSA) is 48.3 Å². The van der Waals surface area contributed by atoms with Gasteiger partial charge in [-0.3, -0.25) is 0 Å². The van der Waals surface area contributed by atoms with Crippen molar-refractivity contribution >= 4 is 0 Å². The summed E-state index contributed by atoms with van der Waals surface area (Å²) in [6.07, 6.45) is 5.71. The summed E-state index contributed by atoms with van der Waals surface area (Å²) in [6, 6.07) is 0. The summed E-state index contributed by atoms with van der Waals surface area (Å²) in [5, 5.41) is 3.33. The second-order valence-corrected chi connectivity index (χ2v) is 3.91. The number of imidazole rings is 1. The molecule has 98 valence electrons. The zero-order valence-electron chi connectivity index (χ0n) is 10.8. The van der Waals surface area contributed by atoms with E-state index in [0.29, 0.717) is 0 Å². The molecule has 0 bridgehead atoms. The smallest absolute Gasteiger partial charge is 0.109 e. The van der Waals surface area contributed by atoms with Crippen LogP contribution in [-0.4, -0.2) is 49.6 Å².